The summed E-state index contributed by atoms with van der Waals surface area (Å²) in [5.74, 6) is -0.0703. The summed E-state index contributed by atoms with van der Waals surface area (Å²) < 4.78 is 4.82. The molecule has 0 amide bonds. The summed E-state index contributed by atoms with van der Waals surface area (Å²) in [5.41, 5.74) is -0.286. The van der Waals surface area contributed by atoms with Gasteiger partial charge in [0.15, 0.2) is 0 Å². The van der Waals surface area contributed by atoms with E-state index in [1.807, 2.05) is 6.92 Å². The van der Waals surface area contributed by atoms with Crippen molar-refractivity contribution >= 4 is 5.97 Å². The molecule has 1 aliphatic rings. The standard InChI is InChI=1S/C11H18O2/c1-11(10(12)13-2)8-6-4-3-5-7-9-11/h4,6H,3,5,7-9H2,1-2H3/b6-4-. The molecule has 1 unspecified atom stereocenters. The van der Waals surface area contributed by atoms with Crippen molar-refractivity contribution in [3.8, 4) is 0 Å². The number of esters is 1. The van der Waals surface area contributed by atoms with Crippen molar-refractivity contribution in [1.29, 1.82) is 0 Å². The molecule has 0 radical (unpaired) electrons. The number of methoxy groups -OCH3 is 1. The molecule has 0 N–H and O–H groups in total. The number of rotatable bonds is 1. The first kappa shape index (κ1) is 10.3. The van der Waals surface area contributed by atoms with Crippen molar-refractivity contribution in [1.82, 2.24) is 0 Å². The summed E-state index contributed by atoms with van der Waals surface area (Å²) in [7, 11) is 1.47. The van der Waals surface area contributed by atoms with Crippen LogP contribution in [0.4, 0.5) is 0 Å². The molecule has 0 spiro atoms. The zero-order valence-corrected chi connectivity index (χ0v) is 8.51. The minimum absolute atomic E-state index is 0.0703. The van der Waals surface area contributed by atoms with Gasteiger partial charge < -0.3 is 4.74 Å². The van der Waals surface area contributed by atoms with Crippen LogP contribution in [0.25, 0.3) is 0 Å². The minimum Gasteiger partial charge on any atom is -0.469 e. The van der Waals surface area contributed by atoms with E-state index in [-0.39, 0.29) is 11.4 Å². The number of allylic oxidation sites excluding steroid dienone is 2. The van der Waals surface area contributed by atoms with Gasteiger partial charge in [0.2, 0.25) is 0 Å². The summed E-state index contributed by atoms with van der Waals surface area (Å²) in [4.78, 5) is 11.5. The molecule has 74 valence electrons. The van der Waals surface area contributed by atoms with E-state index in [0.717, 1.165) is 25.7 Å². The SMILES string of the molecule is COC(=O)C1(C)C/C=C\CCCC1. The van der Waals surface area contributed by atoms with Crippen molar-refractivity contribution in [3.63, 3.8) is 0 Å². The van der Waals surface area contributed by atoms with Crippen molar-refractivity contribution in [2.75, 3.05) is 7.11 Å². The van der Waals surface area contributed by atoms with Gasteiger partial charge in [-0.3, -0.25) is 4.79 Å². The van der Waals surface area contributed by atoms with Gasteiger partial charge in [0, 0.05) is 0 Å². The second-order valence-corrected chi connectivity index (χ2v) is 3.97. The summed E-state index contributed by atoms with van der Waals surface area (Å²) >= 11 is 0. The lowest BCUT2D eigenvalue weighted by Gasteiger charge is -2.26. The quantitative estimate of drug-likeness (QED) is 0.460. The van der Waals surface area contributed by atoms with Crippen LogP contribution in [0.15, 0.2) is 12.2 Å². The van der Waals surface area contributed by atoms with Crippen LogP contribution in [0.3, 0.4) is 0 Å². The Balaban J connectivity index is 2.67. The van der Waals surface area contributed by atoms with E-state index < -0.39 is 0 Å². The predicted octanol–water partition coefficient (Wildman–Crippen LogP) is 2.69. The number of carbonyl (C=O) groups is 1. The fourth-order valence-electron chi connectivity index (χ4n) is 1.77. The highest BCUT2D eigenvalue weighted by Crippen LogP contribution is 2.32. The molecule has 1 atom stereocenters. The van der Waals surface area contributed by atoms with Crippen molar-refractivity contribution in [2.24, 2.45) is 5.41 Å². The van der Waals surface area contributed by atoms with Gasteiger partial charge in [0.1, 0.15) is 0 Å². The lowest BCUT2D eigenvalue weighted by molar-refractivity contribution is -0.152. The van der Waals surface area contributed by atoms with Crippen LogP contribution in [0.2, 0.25) is 0 Å². The summed E-state index contributed by atoms with van der Waals surface area (Å²) in [6, 6.07) is 0. The molecule has 1 aliphatic carbocycles. The number of hydrogen-bond acceptors (Lipinski definition) is 2. The molecule has 0 aromatic rings. The van der Waals surface area contributed by atoms with Crippen LogP contribution in [-0.2, 0) is 9.53 Å². The Kier molecular flexibility index (Phi) is 3.52. The van der Waals surface area contributed by atoms with Gasteiger partial charge in [-0.05, 0) is 32.6 Å². The van der Waals surface area contributed by atoms with Crippen LogP contribution < -0.4 is 0 Å². The van der Waals surface area contributed by atoms with E-state index in [1.165, 1.54) is 13.5 Å². The zero-order chi connectivity index (χ0) is 9.73. The third kappa shape index (κ3) is 2.58. The van der Waals surface area contributed by atoms with Crippen LogP contribution in [-0.4, -0.2) is 13.1 Å². The van der Waals surface area contributed by atoms with Crippen LogP contribution in [0, 0.1) is 5.41 Å². The van der Waals surface area contributed by atoms with Crippen LogP contribution in [0.5, 0.6) is 0 Å². The first-order valence-electron chi connectivity index (χ1n) is 4.92. The molecule has 0 bridgehead atoms. The Hall–Kier alpha value is -0.790. The van der Waals surface area contributed by atoms with Gasteiger partial charge >= 0.3 is 5.97 Å². The third-order valence-corrected chi connectivity index (χ3v) is 2.76. The monoisotopic (exact) mass is 182 g/mol. The average molecular weight is 182 g/mol. The average Bonchev–Trinajstić information content (AvgIpc) is 2.10. The van der Waals surface area contributed by atoms with Crippen molar-refractivity contribution in [3.05, 3.63) is 12.2 Å². The highest BCUT2D eigenvalue weighted by atomic mass is 16.5. The molecule has 0 aliphatic heterocycles. The fourth-order valence-corrected chi connectivity index (χ4v) is 1.77. The van der Waals surface area contributed by atoms with Gasteiger partial charge in [0.25, 0.3) is 0 Å². The molecule has 0 saturated heterocycles. The maximum atomic E-state index is 11.5. The van der Waals surface area contributed by atoms with E-state index in [0.29, 0.717) is 0 Å². The van der Waals surface area contributed by atoms with E-state index >= 15 is 0 Å². The number of hydrogen-bond donors (Lipinski definition) is 0. The number of carbonyl (C=O) groups excluding carboxylic acids is 1. The maximum Gasteiger partial charge on any atom is 0.311 e. The van der Waals surface area contributed by atoms with Gasteiger partial charge in [-0.25, -0.2) is 0 Å². The molecule has 0 saturated carbocycles. The molecule has 13 heavy (non-hydrogen) atoms. The minimum atomic E-state index is -0.286. The van der Waals surface area contributed by atoms with Crippen LogP contribution >= 0.6 is 0 Å². The smallest absolute Gasteiger partial charge is 0.311 e. The first-order valence-corrected chi connectivity index (χ1v) is 4.92. The second kappa shape index (κ2) is 4.45. The first-order chi connectivity index (χ1) is 6.19. The van der Waals surface area contributed by atoms with E-state index in [1.54, 1.807) is 0 Å². The number of ether oxygens (including phenoxy) is 1. The Bertz CT molecular complexity index is 208. The molecule has 2 heteroatoms. The Labute approximate surface area is 80.0 Å². The normalized spacial score (nSPS) is 31.5. The lowest BCUT2D eigenvalue weighted by atomic mass is 9.80. The summed E-state index contributed by atoms with van der Waals surface area (Å²) in [6.07, 6.45) is 9.50. The zero-order valence-electron chi connectivity index (χ0n) is 8.51. The largest absolute Gasteiger partial charge is 0.469 e. The molecular weight excluding hydrogens is 164 g/mol. The van der Waals surface area contributed by atoms with Gasteiger partial charge in [-0.1, -0.05) is 18.6 Å². The van der Waals surface area contributed by atoms with E-state index in [4.69, 9.17) is 4.74 Å². The second-order valence-electron chi connectivity index (χ2n) is 3.97. The Morgan fingerprint density at radius 2 is 2.15 bits per heavy atom. The Morgan fingerprint density at radius 3 is 2.85 bits per heavy atom. The van der Waals surface area contributed by atoms with Gasteiger partial charge in [-0.15, -0.1) is 0 Å². The molecule has 0 aromatic heterocycles. The molecule has 1 rings (SSSR count). The van der Waals surface area contributed by atoms with Crippen molar-refractivity contribution in [2.45, 2.75) is 39.0 Å². The Morgan fingerprint density at radius 1 is 1.38 bits per heavy atom. The van der Waals surface area contributed by atoms with E-state index in [2.05, 4.69) is 12.2 Å². The highest BCUT2D eigenvalue weighted by molar-refractivity contribution is 5.76. The topological polar surface area (TPSA) is 26.3 Å². The summed E-state index contributed by atoms with van der Waals surface area (Å²) in [6.45, 7) is 1.99. The molecule has 0 heterocycles. The third-order valence-electron chi connectivity index (χ3n) is 2.76. The highest BCUT2D eigenvalue weighted by Gasteiger charge is 2.32. The molecule has 2 nitrogen and oxygen atoms in total. The fraction of sp³-hybridized carbons (Fsp3) is 0.727. The molecular formula is C11H18O2. The molecule has 0 fully saturated rings. The maximum absolute atomic E-state index is 11.5. The molecule has 0 aromatic carbocycles. The predicted molar refractivity (Wildman–Crippen MR) is 52.3 cm³/mol. The van der Waals surface area contributed by atoms with Gasteiger partial charge in [-0.2, -0.15) is 0 Å². The lowest BCUT2D eigenvalue weighted by Crippen LogP contribution is -2.29. The summed E-state index contributed by atoms with van der Waals surface area (Å²) in [5, 5.41) is 0. The van der Waals surface area contributed by atoms with Crippen LogP contribution in [0.1, 0.15) is 39.0 Å². The van der Waals surface area contributed by atoms with Gasteiger partial charge in [0.05, 0.1) is 12.5 Å². The van der Waals surface area contributed by atoms with Crippen molar-refractivity contribution < 1.29 is 9.53 Å². The van der Waals surface area contributed by atoms with E-state index in [9.17, 15) is 4.79 Å².